The first-order chi connectivity index (χ1) is 2.41. The van der Waals surface area contributed by atoms with E-state index in [9.17, 15) is 0 Å². The molecule has 0 saturated heterocycles. The molecule has 0 aliphatic carbocycles. The van der Waals surface area contributed by atoms with Crippen molar-refractivity contribution >= 4 is 0 Å². The first-order valence-corrected chi connectivity index (χ1v) is 1.51. The maximum atomic E-state index is 7.94. The molecule has 0 aliphatic heterocycles. The summed E-state index contributed by atoms with van der Waals surface area (Å²) in [6.45, 7) is 0.566. The average molecular weight is 93.1 g/mol. The monoisotopic (exact) mass is 93.1 g/mol. The van der Waals surface area contributed by atoms with E-state index in [0.717, 1.165) is 0 Å². The normalized spacial score (nSPS) is 7.00. The Hall–Kier alpha value is -0.120. The smallest absolute Gasteiger partial charge is 0.0693 e. The van der Waals surface area contributed by atoms with Crippen LogP contribution < -0.4 is 0 Å². The van der Waals surface area contributed by atoms with E-state index in [4.69, 9.17) is 5.11 Å². The molecule has 3 heteroatoms. The number of aliphatic hydroxyl groups is 1. The van der Waals surface area contributed by atoms with Crippen molar-refractivity contribution in [3.8, 4) is 0 Å². The van der Waals surface area contributed by atoms with Gasteiger partial charge in [0.2, 0.25) is 0 Å². The van der Waals surface area contributed by atoms with Crippen LogP contribution in [-0.4, -0.2) is 30.9 Å². The van der Waals surface area contributed by atoms with Gasteiger partial charge in [0, 0.05) is 7.11 Å². The number of ether oxygens (including phenoxy) is 1. The molecular weight excluding hydrogens is 84.0 g/mol. The van der Waals surface area contributed by atoms with E-state index in [2.05, 4.69) is 4.74 Å². The highest BCUT2D eigenvalue weighted by Crippen LogP contribution is 1.56. The summed E-state index contributed by atoms with van der Waals surface area (Å²) in [6.07, 6.45) is 0. The minimum atomic E-state index is 0. The molecule has 0 aromatic heterocycles. The third-order valence-electron chi connectivity index (χ3n) is 0.295. The second-order valence-electron chi connectivity index (χ2n) is 0.716. The molecule has 1 radical (unpaired) electrons. The summed E-state index contributed by atoms with van der Waals surface area (Å²) < 4.78 is 4.44. The summed E-state index contributed by atoms with van der Waals surface area (Å²) in [6, 6.07) is 0. The Balaban J connectivity index is 0. The minimum Gasteiger partial charge on any atom is -0.394 e. The van der Waals surface area contributed by atoms with Crippen molar-refractivity contribution in [2.24, 2.45) is 0 Å². The molecule has 0 spiro atoms. The van der Waals surface area contributed by atoms with Crippen molar-refractivity contribution in [3.63, 3.8) is 0 Å². The molecule has 0 bridgehead atoms. The van der Waals surface area contributed by atoms with Crippen LogP contribution in [0.3, 0.4) is 0 Å². The fraction of sp³-hybridized carbons (Fsp3) is 1.00. The van der Waals surface area contributed by atoms with Gasteiger partial charge >= 0.3 is 0 Å². The Bertz CT molecular complexity index is 13.5. The lowest BCUT2D eigenvalue weighted by atomic mass is 10.8. The van der Waals surface area contributed by atoms with E-state index in [0.29, 0.717) is 6.61 Å². The number of methoxy groups -OCH3 is 1. The van der Waals surface area contributed by atoms with E-state index in [1.54, 1.807) is 7.11 Å². The molecule has 0 saturated carbocycles. The Morgan fingerprint density at radius 2 is 2.17 bits per heavy atom. The van der Waals surface area contributed by atoms with Crippen LogP contribution >= 0.6 is 0 Å². The molecule has 0 fully saturated rings. The fourth-order valence-corrected chi connectivity index (χ4v) is 0.0913. The average Bonchev–Trinajstić information content (AvgIpc) is 1.41. The van der Waals surface area contributed by atoms with Gasteiger partial charge in [-0.05, 0) is 0 Å². The largest absolute Gasteiger partial charge is 0.394 e. The Morgan fingerprint density at radius 3 is 2.17 bits per heavy atom. The van der Waals surface area contributed by atoms with Crippen LogP contribution in [0, 0.1) is 0 Å². The second-order valence-corrected chi connectivity index (χ2v) is 0.716. The molecule has 0 aromatic rings. The van der Waals surface area contributed by atoms with E-state index < -0.39 is 0 Å². The summed E-state index contributed by atoms with van der Waals surface area (Å²) in [7, 11) is 1.55. The summed E-state index contributed by atoms with van der Waals surface area (Å²) in [5.41, 5.74) is 0. The van der Waals surface area contributed by atoms with Crippen LogP contribution in [-0.2, 0) is 4.74 Å². The van der Waals surface area contributed by atoms with Gasteiger partial charge in [0.25, 0.3) is 0 Å². The zero-order valence-corrected chi connectivity index (χ0v) is 3.72. The summed E-state index contributed by atoms with van der Waals surface area (Å²) in [4.78, 5) is 0. The van der Waals surface area contributed by atoms with E-state index in [1.807, 2.05) is 0 Å². The predicted molar refractivity (Wildman–Crippen MR) is 20.9 cm³/mol. The Kier molecular flexibility index (Phi) is 13.7. The first kappa shape index (κ1) is 9.30. The Morgan fingerprint density at radius 1 is 1.67 bits per heavy atom. The minimum absolute atomic E-state index is 0. The van der Waals surface area contributed by atoms with Gasteiger partial charge in [-0.1, -0.05) is 0 Å². The number of hydrogen-bond donors (Lipinski definition) is 2. The molecule has 0 aliphatic rings. The molecule has 0 heterocycles. The number of aliphatic hydroxyl groups excluding tert-OH is 1. The highest BCUT2D eigenvalue weighted by atomic mass is 16.5. The zero-order valence-electron chi connectivity index (χ0n) is 3.72. The lowest BCUT2D eigenvalue weighted by Crippen LogP contribution is -1.91. The van der Waals surface area contributed by atoms with E-state index in [1.165, 1.54) is 0 Å². The van der Waals surface area contributed by atoms with Crippen molar-refractivity contribution in [2.45, 2.75) is 0 Å². The van der Waals surface area contributed by atoms with Crippen molar-refractivity contribution in [2.75, 3.05) is 20.3 Å². The Labute approximate surface area is 36.9 Å². The molecule has 2 N–H and O–H groups in total. The molecule has 6 heavy (non-hydrogen) atoms. The van der Waals surface area contributed by atoms with Crippen LogP contribution in [0.2, 0.25) is 0 Å². The molecule has 0 rings (SSSR count). The molecule has 39 valence electrons. The maximum Gasteiger partial charge on any atom is 0.0693 e. The van der Waals surface area contributed by atoms with Crippen LogP contribution in [0.1, 0.15) is 0 Å². The SMILES string of the molecule is COCCO.[OH]. The highest BCUT2D eigenvalue weighted by molar-refractivity contribution is 4.12. The summed E-state index contributed by atoms with van der Waals surface area (Å²) in [5.74, 6) is 0. The third-order valence-corrected chi connectivity index (χ3v) is 0.295. The quantitative estimate of drug-likeness (QED) is 0.481. The van der Waals surface area contributed by atoms with Gasteiger partial charge in [-0.25, -0.2) is 0 Å². The lowest BCUT2D eigenvalue weighted by molar-refractivity contribution is 0.135. The molecule has 0 aromatic carbocycles. The van der Waals surface area contributed by atoms with E-state index >= 15 is 0 Å². The van der Waals surface area contributed by atoms with Crippen LogP contribution in [0.25, 0.3) is 0 Å². The van der Waals surface area contributed by atoms with Gasteiger partial charge < -0.3 is 9.84 Å². The maximum absolute atomic E-state index is 7.94. The predicted octanol–water partition coefficient (Wildman–Crippen LogP) is -0.552. The van der Waals surface area contributed by atoms with Crippen molar-refractivity contribution < 1.29 is 15.3 Å². The van der Waals surface area contributed by atoms with Crippen molar-refractivity contribution in [1.29, 1.82) is 0 Å². The van der Waals surface area contributed by atoms with Gasteiger partial charge in [0.1, 0.15) is 0 Å². The van der Waals surface area contributed by atoms with Crippen LogP contribution in [0.15, 0.2) is 0 Å². The number of hydrogen-bond acceptors (Lipinski definition) is 2. The molecule has 0 amide bonds. The van der Waals surface area contributed by atoms with Gasteiger partial charge in [-0.3, -0.25) is 5.48 Å². The first-order valence-electron chi connectivity index (χ1n) is 1.51. The fourth-order valence-electron chi connectivity index (χ4n) is 0.0913. The second kappa shape index (κ2) is 8.86. The highest BCUT2D eigenvalue weighted by Gasteiger charge is 1.67. The third kappa shape index (κ3) is 9.11. The van der Waals surface area contributed by atoms with Gasteiger partial charge in [0.15, 0.2) is 0 Å². The molecule has 0 atom stereocenters. The van der Waals surface area contributed by atoms with Gasteiger partial charge in [-0.2, -0.15) is 0 Å². The number of rotatable bonds is 2. The van der Waals surface area contributed by atoms with Crippen LogP contribution in [0.5, 0.6) is 0 Å². The van der Waals surface area contributed by atoms with Crippen molar-refractivity contribution in [1.82, 2.24) is 0 Å². The topological polar surface area (TPSA) is 59.5 Å². The molecular formula is C3H9O3. The van der Waals surface area contributed by atoms with Gasteiger partial charge in [0.05, 0.1) is 13.2 Å². The zero-order chi connectivity index (χ0) is 4.12. The summed E-state index contributed by atoms with van der Waals surface area (Å²) >= 11 is 0. The van der Waals surface area contributed by atoms with Crippen molar-refractivity contribution in [3.05, 3.63) is 0 Å². The van der Waals surface area contributed by atoms with Crippen LogP contribution in [0.4, 0.5) is 0 Å². The molecule has 0 unspecified atom stereocenters. The van der Waals surface area contributed by atoms with Gasteiger partial charge in [-0.15, -0.1) is 0 Å². The van der Waals surface area contributed by atoms with E-state index in [-0.39, 0.29) is 12.1 Å². The summed E-state index contributed by atoms with van der Waals surface area (Å²) in [5, 5.41) is 7.94. The molecule has 3 nitrogen and oxygen atoms in total. The standard InChI is InChI=1S/C3H8O2.HO/c1-5-3-2-4;/h4H,2-3H2,1H3;1H. The lowest BCUT2D eigenvalue weighted by Gasteiger charge is -1.84.